The molecule has 7 heteroatoms. The van der Waals surface area contributed by atoms with Crippen molar-refractivity contribution < 1.29 is 19.1 Å². The van der Waals surface area contributed by atoms with E-state index in [0.29, 0.717) is 44.0 Å². The summed E-state index contributed by atoms with van der Waals surface area (Å²) in [7, 11) is 0. The number of hydrogen-bond acceptors (Lipinski definition) is 4. The fourth-order valence-electron chi connectivity index (χ4n) is 3.32. The molecule has 1 atom stereocenters. The Balaban J connectivity index is 1.26. The van der Waals surface area contributed by atoms with Gasteiger partial charge in [0.15, 0.2) is 0 Å². The van der Waals surface area contributed by atoms with Crippen LogP contribution in [0.5, 0.6) is 0 Å². The zero-order chi connectivity index (χ0) is 21.7. The molecule has 3 N–H and O–H groups in total. The molecule has 0 aliphatic carbocycles. The summed E-state index contributed by atoms with van der Waals surface area (Å²) in [6, 6.07) is 17.0. The number of anilines is 2. The summed E-state index contributed by atoms with van der Waals surface area (Å²) in [6.07, 6.45) is 4.08. The molecule has 3 rings (SSSR count). The Bertz CT molecular complexity index is 805. The first kappa shape index (κ1) is 22.8. The molecule has 166 valence electrons. The van der Waals surface area contributed by atoms with Crippen LogP contribution in [0, 0.1) is 0 Å². The monoisotopic (exact) mass is 425 g/mol. The first-order valence-electron chi connectivity index (χ1n) is 10.9. The molecule has 1 fully saturated rings. The van der Waals surface area contributed by atoms with Gasteiger partial charge in [0.2, 0.25) is 5.91 Å². The van der Waals surface area contributed by atoms with Crippen molar-refractivity contribution in [1.29, 1.82) is 0 Å². The molecule has 0 radical (unpaired) electrons. The summed E-state index contributed by atoms with van der Waals surface area (Å²) in [6.45, 7) is 2.49. The summed E-state index contributed by atoms with van der Waals surface area (Å²) in [5.74, 6) is -0.0540. The van der Waals surface area contributed by atoms with Gasteiger partial charge in [0.25, 0.3) is 0 Å². The van der Waals surface area contributed by atoms with Crippen molar-refractivity contribution in [2.75, 3.05) is 37.0 Å². The van der Waals surface area contributed by atoms with Gasteiger partial charge in [-0.25, -0.2) is 4.79 Å². The van der Waals surface area contributed by atoms with Crippen molar-refractivity contribution in [2.45, 2.75) is 38.2 Å². The van der Waals surface area contributed by atoms with Crippen LogP contribution in [0.4, 0.5) is 16.2 Å². The van der Waals surface area contributed by atoms with Gasteiger partial charge in [0.1, 0.15) is 0 Å². The Morgan fingerprint density at radius 2 is 1.71 bits per heavy atom. The van der Waals surface area contributed by atoms with Crippen LogP contribution >= 0.6 is 0 Å². The van der Waals surface area contributed by atoms with Crippen LogP contribution < -0.4 is 16.0 Å². The topological polar surface area (TPSA) is 88.7 Å². The lowest BCUT2D eigenvalue weighted by atomic mass is 10.2. The fraction of sp³-hybridized carbons (Fsp3) is 0.417. The van der Waals surface area contributed by atoms with E-state index >= 15 is 0 Å². The molecule has 0 bridgehead atoms. The van der Waals surface area contributed by atoms with Gasteiger partial charge in [-0.15, -0.1) is 0 Å². The van der Waals surface area contributed by atoms with Crippen LogP contribution in [0.1, 0.15) is 31.2 Å². The van der Waals surface area contributed by atoms with E-state index in [2.05, 4.69) is 28.1 Å². The maximum absolute atomic E-state index is 12.1. The van der Waals surface area contributed by atoms with Crippen molar-refractivity contribution in [3.8, 4) is 0 Å². The number of ether oxygens (including phenoxy) is 2. The third-order valence-electron chi connectivity index (χ3n) is 5.01. The molecule has 1 unspecified atom stereocenters. The van der Waals surface area contributed by atoms with Crippen LogP contribution in [0.3, 0.4) is 0 Å². The minimum atomic E-state index is -0.264. The van der Waals surface area contributed by atoms with Gasteiger partial charge in [-0.2, -0.15) is 0 Å². The average molecular weight is 426 g/mol. The third-order valence-corrected chi connectivity index (χ3v) is 5.01. The number of nitrogens with one attached hydrogen (secondary N) is 3. The molecule has 3 amide bonds. The summed E-state index contributed by atoms with van der Waals surface area (Å²) in [5, 5.41) is 8.45. The number of carbonyl (C=O) groups excluding carboxylic acids is 2. The second kappa shape index (κ2) is 12.7. The molecule has 1 aliphatic heterocycles. The van der Waals surface area contributed by atoms with Crippen LogP contribution in [-0.4, -0.2) is 44.4 Å². The predicted molar refractivity (Wildman–Crippen MR) is 121 cm³/mol. The SMILES string of the molecule is O=C(CCCOCCc1ccccc1)Nc1ccc(NC(=O)NCC2CCCO2)cc1. The molecule has 2 aromatic rings. The summed E-state index contributed by atoms with van der Waals surface area (Å²) in [4.78, 5) is 24.0. The highest BCUT2D eigenvalue weighted by Gasteiger charge is 2.16. The summed E-state index contributed by atoms with van der Waals surface area (Å²) >= 11 is 0. The molecule has 2 aromatic carbocycles. The smallest absolute Gasteiger partial charge is 0.319 e. The number of benzene rings is 2. The molecule has 0 aromatic heterocycles. The molecule has 1 saturated heterocycles. The van der Waals surface area contributed by atoms with Gasteiger partial charge >= 0.3 is 6.03 Å². The van der Waals surface area contributed by atoms with Crippen molar-refractivity contribution in [3.05, 3.63) is 60.2 Å². The highest BCUT2D eigenvalue weighted by molar-refractivity contribution is 5.92. The van der Waals surface area contributed by atoms with E-state index < -0.39 is 0 Å². The van der Waals surface area contributed by atoms with Crippen LogP contribution in [0.2, 0.25) is 0 Å². The molecule has 1 aliphatic rings. The molecular weight excluding hydrogens is 394 g/mol. The minimum Gasteiger partial charge on any atom is -0.381 e. The zero-order valence-electron chi connectivity index (χ0n) is 17.8. The normalized spacial score (nSPS) is 15.4. The molecule has 1 heterocycles. The van der Waals surface area contributed by atoms with Crippen molar-refractivity contribution in [2.24, 2.45) is 0 Å². The van der Waals surface area contributed by atoms with Gasteiger partial charge in [0, 0.05) is 37.6 Å². The number of urea groups is 1. The maximum Gasteiger partial charge on any atom is 0.319 e. The maximum atomic E-state index is 12.1. The molecule has 0 saturated carbocycles. The lowest BCUT2D eigenvalue weighted by Gasteiger charge is -2.12. The van der Waals surface area contributed by atoms with Gasteiger partial charge < -0.3 is 25.4 Å². The van der Waals surface area contributed by atoms with Crippen molar-refractivity contribution in [3.63, 3.8) is 0 Å². The Morgan fingerprint density at radius 3 is 2.42 bits per heavy atom. The van der Waals surface area contributed by atoms with E-state index in [1.807, 2.05) is 18.2 Å². The molecule has 31 heavy (non-hydrogen) atoms. The Labute approximate surface area is 183 Å². The van der Waals surface area contributed by atoms with E-state index in [0.717, 1.165) is 25.9 Å². The molecular formula is C24H31N3O4. The minimum absolute atomic E-state index is 0.0540. The van der Waals surface area contributed by atoms with Gasteiger partial charge in [0.05, 0.1) is 12.7 Å². The lowest BCUT2D eigenvalue weighted by Crippen LogP contribution is -2.35. The zero-order valence-corrected chi connectivity index (χ0v) is 17.8. The second-order valence-corrected chi connectivity index (χ2v) is 7.55. The van der Waals surface area contributed by atoms with Crippen molar-refractivity contribution in [1.82, 2.24) is 5.32 Å². The highest BCUT2D eigenvalue weighted by atomic mass is 16.5. The van der Waals surface area contributed by atoms with E-state index in [-0.39, 0.29) is 18.0 Å². The number of amides is 3. The van der Waals surface area contributed by atoms with Crippen molar-refractivity contribution >= 4 is 23.3 Å². The number of rotatable bonds is 11. The van der Waals surface area contributed by atoms with Crippen LogP contribution in [0.25, 0.3) is 0 Å². The molecule has 0 spiro atoms. The highest BCUT2D eigenvalue weighted by Crippen LogP contribution is 2.14. The van der Waals surface area contributed by atoms with Gasteiger partial charge in [-0.05, 0) is 55.5 Å². The van der Waals surface area contributed by atoms with Crippen LogP contribution in [-0.2, 0) is 20.7 Å². The Kier molecular flexibility index (Phi) is 9.34. The predicted octanol–water partition coefficient (Wildman–Crippen LogP) is 3.97. The van der Waals surface area contributed by atoms with E-state index in [9.17, 15) is 9.59 Å². The number of hydrogen-bond donors (Lipinski definition) is 3. The first-order valence-corrected chi connectivity index (χ1v) is 10.9. The first-order chi connectivity index (χ1) is 15.2. The summed E-state index contributed by atoms with van der Waals surface area (Å²) < 4.78 is 11.1. The van der Waals surface area contributed by atoms with E-state index in [4.69, 9.17) is 9.47 Å². The fourth-order valence-corrected chi connectivity index (χ4v) is 3.32. The standard InChI is InChI=1S/C24H31N3O4/c28-23(9-5-15-30-17-14-19-6-2-1-3-7-19)26-20-10-12-21(13-11-20)27-24(29)25-18-22-8-4-16-31-22/h1-3,6-7,10-13,22H,4-5,8-9,14-18H2,(H,26,28)(H2,25,27,29). The largest absolute Gasteiger partial charge is 0.381 e. The van der Waals surface area contributed by atoms with Gasteiger partial charge in [-0.1, -0.05) is 30.3 Å². The van der Waals surface area contributed by atoms with E-state index in [1.165, 1.54) is 5.56 Å². The quantitative estimate of drug-likeness (QED) is 0.476. The Morgan fingerprint density at radius 1 is 0.968 bits per heavy atom. The summed E-state index contributed by atoms with van der Waals surface area (Å²) in [5.41, 5.74) is 2.61. The Hall–Kier alpha value is -2.90. The number of carbonyl (C=O) groups is 2. The van der Waals surface area contributed by atoms with E-state index in [1.54, 1.807) is 24.3 Å². The third kappa shape index (κ3) is 8.78. The molecule has 7 nitrogen and oxygen atoms in total. The van der Waals surface area contributed by atoms with Gasteiger partial charge in [-0.3, -0.25) is 4.79 Å². The average Bonchev–Trinajstić information content (AvgIpc) is 3.31. The second-order valence-electron chi connectivity index (χ2n) is 7.55. The van der Waals surface area contributed by atoms with Crippen LogP contribution in [0.15, 0.2) is 54.6 Å². The lowest BCUT2D eigenvalue weighted by molar-refractivity contribution is -0.116.